The highest BCUT2D eigenvalue weighted by atomic mass is 19.1. The van der Waals surface area contributed by atoms with Crippen molar-refractivity contribution in [3.63, 3.8) is 0 Å². The van der Waals surface area contributed by atoms with Gasteiger partial charge in [0.1, 0.15) is 5.82 Å². The standard InChI is InChI=1S/C16H24FNO/c1-15(2)8-10-16(19-3,11-9-15)14(18)12-4-6-13(17)7-5-12/h4-7,14H,8-11,18H2,1-3H3. The Hall–Kier alpha value is -0.930. The minimum Gasteiger partial charge on any atom is -0.376 e. The summed E-state index contributed by atoms with van der Waals surface area (Å²) in [6.07, 6.45) is 4.12. The zero-order valence-electron chi connectivity index (χ0n) is 12.1. The fraction of sp³-hybridized carbons (Fsp3) is 0.625. The van der Waals surface area contributed by atoms with Gasteiger partial charge in [0.05, 0.1) is 11.6 Å². The molecule has 0 aliphatic heterocycles. The molecule has 0 bridgehead atoms. The zero-order valence-corrected chi connectivity index (χ0v) is 12.1. The molecule has 1 aromatic rings. The average Bonchev–Trinajstić information content (AvgIpc) is 2.40. The molecule has 1 aliphatic rings. The molecule has 0 saturated heterocycles. The third-order valence-corrected chi connectivity index (χ3v) is 4.65. The van der Waals surface area contributed by atoms with Crippen LogP contribution in [0.3, 0.4) is 0 Å². The number of methoxy groups -OCH3 is 1. The Kier molecular flexibility index (Phi) is 3.98. The summed E-state index contributed by atoms with van der Waals surface area (Å²) in [7, 11) is 1.74. The quantitative estimate of drug-likeness (QED) is 0.902. The minimum absolute atomic E-state index is 0.200. The van der Waals surface area contributed by atoms with Gasteiger partial charge in [0, 0.05) is 7.11 Å². The van der Waals surface area contributed by atoms with Crippen molar-refractivity contribution in [3.05, 3.63) is 35.6 Å². The first-order valence-electron chi connectivity index (χ1n) is 6.95. The molecule has 2 N–H and O–H groups in total. The molecule has 19 heavy (non-hydrogen) atoms. The number of nitrogens with two attached hydrogens (primary N) is 1. The topological polar surface area (TPSA) is 35.2 Å². The molecule has 0 heterocycles. The lowest BCUT2D eigenvalue weighted by Crippen LogP contribution is -2.47. The van der Waals surface area contributed by atoms with E-state index in [1.807, 2.05) is 0 Å². The van der Waals surface area contributed by atoms with E-state index in [0.29, 0.717) is 5.41 Å². The molecule has 1 saturated carbocycles. The van der Waals surface area contributed by atoms with Crippen LogP contribution in [-0.4, -0.2) is 12.7 Å². The van der Waals surface area contributed by atoms with Gasteiger partial charge in [-0.1, -0.05) is 26.0 Å². The normalized spacial score (nSPS) is 23.0. The smallest absolute Gasteiger partial charge is 0.123 e. The summed E-state index contributed by atoms with van der Waals surface area (Å²) in [5.74, 6) is -0.229. The monoisotopic (exact) mass is 265 g/mol. The van der Waals surface area contributed by atoms with Crippen LogP contribution in [0.2, 0.25) is 0 Å². The van der Waals surface area contributed by atoms with Gasteiger partial charge in [-0.3, -0.25) is 0 Å². The van der Waals surface area contributed by atoms with Crippen molar-refractivity contribution < 1.29 is 9.13 Å². The van der Waals surface area contributed by atoms with Crippen LogP contribution in [0.5, 0.6) is 0 Å². The van der Waals surface area contributed by atoms with E-state index < -0.39 is 0 Å². The van der Waals surface area contributed by atoms with Crippen LogP contribution in [0.25, 0.3) is 0 Å². The highest BCUT2D eigenvalue weighted by Crippen LogP contribution is 2.46. The summed E-state index contributed by atoms with van der Waals surface area (Å²) < 4.78 is 18.8. The van der Waals surface area contributed by atoms with Crippen LogP contribution in [0.1, 0.15) is 51.1 Å². The number of benzene rings is 1. The third-order valence-electron chi connectivity index (χ3n) is 4.65. The second-order valence-corrected chi connectivity index (χ2v) is 6.46. The molecule has 1 aliphatic carbocycles. The fourth-order valence-electron chi connectivity index (χ4n) is 2.97. The molecule has 1 fully saturated rings. The number of halogens is 1. The molecule has 3 heteroatoms. The number of hydrogen-bond acceptors (Lipinski definition) is 2. The molecule has 1 aromatic carbocycles. The first kappa shape index (κ1) is 14.5. The predicted molar refractivity (Wildman–Crippen MR) is 75.3 cm³/mol. The second-order valence-electron chi connectivity index (χ2n) is 6.46. The fourth-order valence-corrected chi connectivity index (χ4v) is 2.97. The predicted octanol–water partition coefficient (Wildman–Crippen LogP) is 3.81. The number of rotatable bonds is 3. The van der Waals surface area contributed by atoms with Gasteiger partial charge in [-0.25, -0.2) is 4.39 Å². The highest BCUT2D eigenvalue weighted by Gasteiger charge is 2.43. The van der Waals surface area contributed by atoms with Gasteiger partial charge in [-0.15, -0.1) is 0 Å². The van der Waals surface area contributed by atoms with Crippen LogP contribution >= 0.6 is 0 Å². The van der Waals surface area contributed by atoms with Crippen LogP contribution in [0.15, 0.2) is 24.3 Å². The molecular weight excluding hydrogens is 241 g/mol. The third kappa shape index (κ3) is 2.98. The van der Waals surface area contributed by atoms with Gasteiger partial charge >= 0.3 is 0 Å². The van der Waals surface area contributed by atoms with Gasteiger partial charge in [-0.2, -0.15) is 0 Å². The van der Waals surface area contributed by atoms with Gasteiger partial charge in [0.15, 0.2) is 0 Å². The molecule has 0 spiro atoms. The van der Waals surface area contributed by atoms with Crippen molar-refractivity contribution in [3.8, 4) is 0 Å². The summed E-state index contributed by atoms with van der Waals surface area (Å²) >= 11 is 0. The maximum absolute atomic E-state index is 13.0. The Labute approximate surface area is 115 Å². The van der Waals surface area contributed by atoms with Crippen LogP contribution < -0.4 is 5.73 Å². The van der Waals surface area contributed by atoms with Crippen LogP contribution in [0.4, 0.5) is 4.39 Å². The van der Waals surface area contributed by atoms with E-state index in [1.54, 1.807) is 19.2 Å². The Morgan fingerprint density at radius 1 is 1.11 bits per heavy atom. The lowest BCUT2D eigenvalue weighted by atomic mass is 9.67. The molecule has 0 amide bonds. The Balaban J connectivity index is 2.19. The minimum atomic E-state index is -0.312. The summed E-state index contributed by atoms with van der Waals surface area (Å²) in [5.41, 5.74) is 7.41. The van der Waals surface area contributed by atoms with Gasteiger partial charge in [0.25, 0.3) is 0 Å². The van der Waals surface area contributed by atoms with Crippen molar-refractivity contribution in [2.24, 2.45) is 11.1 Å². The van der Waals surface area contributed by atoms with Crippen molar-refractivity contribution in [1.82, 2.24) is 0 Å². The molecule has 106 valence electrons. The first-order chi connectivity index (χ1) is 8.88. The van der Waals surface area contributed by atoms with E-state index in [4.69, 9.17) is 10.5 Å². The average molecular weight is 265 g/mol. The molecule has 0 radical (unpaired) electrons. The van der Waals surface area contributed by atoms with E-state index in [1.165, 1.54) is 12.1 Å². The summed E-state index contributed by atoms with van der Waals surface area (Å²) in [4.78, 5) is 0. The molecule has 0 aromatic heterocycles. The van der Waals surface area contributed by atoms with Gasteiger partial charge < -0.3 is 10.5 Å². The number of hydrogen-bond donors (Lipinski definition) is 1. The molecule has 1 unspecified atom stereocenters. The first-order valence-corrected chi connectivity index (χ1v) is 6.95. The van der Waals surface area contributed by atoms with Crippen LogP contribution in [0, 0.1) is 11.2 Å². The van der Waals surface area contributed by atoms with E-state index in [9.17, 15) is 4.39 Å². The van der Waals surface area contributed by atoms with Crippen LogP contribution in [-0.2, 0) is 4.74 Å². The van der Waals surface area contributed by atoms with Crippen molar-refractivity contribution in [1.29, 1.82) is 0 Å². The second kappa shape index (κ2) is 5.22. The summed E-state index contributed by atoms with van der Waals surface area (Å²) in [6, 6.07) is 6.26. The summed E-state index contributed by atoms with van der Waals surface area (Å²) in [5, 5.41) is 0. The van der Waals surface area contributed by atoms with E-state index in [2.05, 4.69) is 13.8 Å². The highest BCUT2D eigenvalue weighted by molar-refractivity contribution is 5.23. The van der Waals surface area contributed by atoms with E-state index in [-0.39, 0.29) is 17.5 Å². The Morgan fingerprint density at radius 3 is 2.11 bits per heavy atom. The Morgan fingerprint density at radius 2 is 1.63 bits per heavy atom. The maximum Gasteiger partial charge on any atom is 0.123 e. The lowest BCUT2D eigenvalue weighted by Gasteiger charge is -2.46. The summed E-state index contributed by atoms with van der Waals surface area (Å²) in [6.45, 7) is 4.58. The molecule has 2 rings (SSSR count). The van der Waals surface area contributed by atoms with Gasteiger partial charge in [-0.05, 0) is 48.8 Å². The van der Waals surface area contributed by atoms with Crippen molar-refractivity contribution in [2.45, 2.75) is 51.2 Å². The largest absolute Gasteiger partial charge is 0.376 e. The van der Waals surface area contributed by atoms with E-state index in [0.717, 1.165) is 31.2 Å². The molecule has 1 atom stereocenters. The van der Waals surface area contributed by atoms with Crippen molar-refractivity contribution >= 4 is 0 Å². The molecular formula is C16H24FNO. The van der Waals surface area contributed by atoms with Crippen molar-refractivity contribution in [2.75, 3.05) is 7.11 Å². The molecule has 2 nitrogen and oxygen atoms in total. The lowest BCUT2D eigenvalue weighted by molar-refractivity contribution is -0.0794. The van der Waals surface area contributed by atoms with Gasteiger partial charge in [0.2, 0.25) is 0 Å². The zero-order chi connectivity index (χ0) is 14.1. The number of ether oxygens (including phenoxy) is 1. The Bertz CT molecular complexity index is 417. The SMILES string of the molecule is COC1(C(N)c2ccc(F)cc2)CCC(C)(C)CC1. The van der Waals surface area contributed by atoms with E-state index >= 15 is 0 Å². The maximum atomic E-state index is 13.0.